The van der Waals surface area contributed by atoms with Gasteiger partial charge in [0.05, 0.1) is 23.4 Å². The number of carbonyl (C=O) groups excluding carboxylic acids is 1. The lowest BCUT2D eigenvalue weighted by molar-refractivity contribution is -0.116. The summed E-state index contributed by atoms with van der Waals surface area (Å²) >= 11 is 6.07. The number of nitrogens with one attached hydrogen (secondary N) is 2. The van der Waals surface area contributed by atoms with Crippen LogP contribution in [-0.2, 0) is 16.1 Å². The highest BCUT2D eigenvalue weighted by Crippen LogP contribution is 2.21. The van der Waals surface area contributed by atoms with Crippen LogP contribution in [0.5, 0.6) is 0 Å². The lowest BCUT2D eigenvalue weighted by Crippen LogP contribution is -2.32. The Morgan fingerprint density at radius 3 is 2.58 bits per heavy atom. The first-order valence-corrected chi connectivity index (χ1v) is 8.36. The average Bonchev–Trinajstić information content (AvgIpc) is 2.55. The normalized spacial score (nSPS) is 12.0. The molecule has 0 unspecified atom stereocenters. The molecule has 0 heterocycles. The van der Waals surface area contributed by atoms with E-state index in [-0.39, 0.29) is 12.0 Å². The SMILES string of the molecule is CC(C)OCc1cccc(N[C@@H](C)C(=O)Nc2ccccc2Cl)c1. The van der Waals surface area contributed by atoms with Crippen LogP contribution in [0, 0.1) is 0 Å². The van der Waals surface area contributed by atoms with Crippen molar-refractivity contribution in [2.45, 2.75) is 39.5 Å². The second-order valence-electron chi connectivity index (χ2n) is 5.90. The molecular weight excluding hydrogens is 324 g/mol. The minimum atomic E-state index is -0.400. The Morgan fingerprint density at radius 1 is 1.12 bits per heavy atom. The van der Waals surface area contributed by atoms with E-state index < -0.39 is 6.04 Å². The van der Waals surface area contributed by atoms with Crippen molar-refractivity contribution in [3.63, 3.8) is 0 Å². The van der Waals surface area contributed by atoms with Gasteiger partial charge in [-0.3, -0.25) is 4.79 Å². The molecule has 0 spiro atoms. The summed E-state index contributed by atoms with van der Waals surface area (Å²) in [6, 6.07) is 14.6. The first-order valence-electron chi connectivity index (χ1n) is 7.98. The predicted molar refractivity (Wildman–Crippen MR) is 99.5 cm³/mol. The summed E-state index contributed by atoms with van der Waals surface area (Å²) in [5.41, 5.74) is 2.55. The molecule has 4 nitrogen and oxygen atoms in total. The van der Waals surface area contributed by atoms with E-state index in [1.54, 1.807) is 12.1 Å². The number of anilines is 2. The summed E-state index contributed by atoms with van der Waals surface area (Å²) in [4.78, 5) is 12.3. The fourth-order valence-electron chi connectivity index (χ4n) is 2.13. The van der Waals surface area contributed by atoms with Crippen molar-refractivity contribution in [2.75, 3.05) is 10.6 Å². The van der Waals surface area contributed by atoms with Gasteiger partial charge in [0.25, 0.3) is 0 Å². The Balaban J connectivity index is 1.96. The van der Waals surface area contributed by atoms with Gasteiger partial charge in [-0.1, -0.05) is 35.9 Å². The van der Waals surface area contributed by atoms with Crippen molar-refractivity contribution in [2.24, 2.45) is 0 Å². The first-order chi connectivity index (χ1) is 11.5. The van der Waals surface area contributed by atoms with E-state index >= 15 is 0 Å². The average molecular weight is 347 g/mol. The standard InChI is InChI=1S/C19H23ClN2O2/c1-13(2)24-12-15-7-6-8-16(11-15)21-14(3)19(23)22-18-10-5-4-9-17(18)20/h4-11,13-14,21H,12H2,1-3H3,(H,22,23)/t14-/m0/s1. The van der Waals surface area contributed by atoms with Crippen LogP contribution in [-0.4, -0.2) is 18.1 Å². The number of rotatable bonds is 7. The summed E-state index contributed by atoms with van der Waals surface area (Å²) in [6.07, 6.45) is 0.182. The molecular formula is C19H23ClN2O2. The summed E-state index contributed by atoms with van der Waals surface area (Å²) in [6.45, 7) is 6.36. The van der Waals surface area contributed by atoms with Gasteiger partial charge in [-0.2, -0.15) is 0 Å². The van der Waals surface area contributed by atoms with Crippen molar-refractivity contribution in [1.82, 2.24) is 0 Å². The van der Waals surface area contributed by atoms with Gasteiger partial charge >= 0.3 is 0 Å². The van der Waals surface area contributed by atoms with Crippen LogP contribution in [0.1, 0.15) is 26.3 Å². The van der Waals surface area contributed by atoms with Gasteiger partial charge in [0.2, 0.25) is 5.91 Å². The summed E-state index contributed by atoms with van der Waals surface area (Å²) in [7, 11) is 0. The Morgan fingerprint density at radius 2 is 1.88 bits per heavy atom. The molecule has 0 aliphatic rings. The third kappa shape index (κ3) is 5.55. The maximum atomic E-state index is 12.3. The Hall–Kier alpha value is -2.04. The van der Waals surface area contributed by atoms with Crippen molar-refractivity contribution in [3.05, 3.63) is 59.1 Å². The monoisotopic (exact) mass is 346 g/mol. The number of hydrogen-bond acceptors (Lipinski definition) is 3. The number of amides is 1. The molecule has 5 heteroatoms. The molecule has 24 heavy (non-hydrogen) atoms. The Bertz CT molecular complexity index is 689. The van der Waals surface area contributed by atoms with Crippen LogP contribution in [0.25, 0.3) is 0 Å². The summed E-state index contributed by atoms with van der Waals surface area (Å²) < 4.78 is 5.61. The minimum absolute atomic E-state index is 0.146. The van der Waals surface area contributed by atoms with Gasteiger partial charge in [-0.05, 0) is 50.6 Å². The molecule has 0 bridgehead atoms. The van der Waals surface area contributed by atoms with Gasteiger partial charge in [0.1, 0.15) is 6.04 Å². The van der Waals surface area contributed by atoms with Gasteiger partial charge in [0.15, 0.2) is 0 Å². The number of carbonyl (C=O) groups is 1. The van der Waals surface area contributed by atoms with Crippen molar-refractivity contribution < 1.29 is 9.53 Å². The molecule has 0 saturated heterocycles. The fraction of sp³-hybridized carbons (Fsp3) is 0.316. The van der Waals surface area contributed by atoms with Crippen molar-refractivity contribution in [1.29, 1.82) is 0 Å². The third-order valence-electron chi connectivity index (χ3n) is 3.42. The highest BCUT2D eigenvalue weighted by atomic mass is 35.5. The lowest BCUT2D eigenvalue weighted by atomic mass is 10.2. The summed E-state index contributed by atoms with van der Waals surface area (Å²) in [5.74, 6) is -0.146. The maximum absolute atomic E-state index is 12.3. The molecule has 0 saturated carbocycles. The minimum Gasteiger partial charge on any atom is -0.374 e. The first kappa shape index (κ1) is 18.3. The zero-order valence-corrected chi connectivity index (χ0v) is 14.9. The Labute approximate surface area is 148 Å². The van der Waals surface area contributed by atoms with Gasteiger partial charge in [-0.15, -0.1) is 0 Å². The number of halogens is 1. The van der Waals surface area contributed by atoms with E-state index in [9.17, 15) is 4.79 Å². The number of ether oxygens (including phenoxy) is 1. The van der Waals surface area contributed by atoms with Crippen molar-refractivity contribution >= 4 is 28.9 Å². The predicted octanol–water partition coefficient (Wildman–Crippen LogP) is 4.70. The van der Waals surface area contributed by atoms with Gasteiger partial charge in [0, 0.05) is 5.69 Å². The Kier molecular flexibility index (Phi) is 6.64. The molecule has 0 aromatic heterocycles. The smallest absolute Gasteiger partial charge is 0.246 e. The van der Waals surface area contributed by atoms with E-state index in [0.717, 1.165) is 11.3 Å². The van der Waals surface area contributed by atoms with Crippen LogP contribution in [0.4, 0.5) is 11.4 Å². The molecule has 2 aromatic rings. The van der Waals surface area contributed by atoms with E-state index in [4.69, 9.17) is 16.3 Å². The van der Waals surface area contributed by atoms with E-state index in [0.29, 0.717) is 17.3 Å². The fourth-order valence-corrected chi connectivity index (χ4v) is 2.32. The molecule has 2 rings (SSSR count). The highest BCUT2D eigenvalue weighted by Gasteiger charge is 2.14. The molecule has 128 valence electrons. The zero-order chi connectivity index (χ0) is 17.5. The largest absolute Gasteiger partial charge is 0.374 e. The molecule has 0 radical (unpaired) electrons. The number of benzene rings is 2. The molecule has 0 aliphatic heterocycles. The van der Waals surface area contributed by atoms with Crippen LogP contribution in [0.15, 0.2) is 48.5 Å². The van der Waals surface area contributed by atoms with E-state index in [1.807, 2.05) is 57.2 Å². The number of hydrogen-bond donors (Lipinski definition) is 2. The van der Waals surface area contributed by atoms with Crippen LogP contribution >= 0.6 is 11.6 Å². The molecule has 2 aromatic carbocycles. The van der Waals surface area contributed by atoms with Crippen LogP contribution in [0.3, 0.4) is 0 Å². The highest BCUT2D eigenvalue weighted by molar-refractivity contribution is 6.33. The molecule has 2 N–H and O–H groups in total. The van der Waals surface area contributed by atoms with Crippen LogP contribution < -0.4 is 10.6 Å². The van der Waals surface area contributed by atoms with E-state index in [2.05, 4.69) is 10.6 Å². The topological polar surface area (TPSA) is 50.4 Å². The third-order valence-corrected chi connectivity index (χ3v) is 3.75. The van der Waals surface area contributed by atoms with Crippen LogP contribution in [0.2, 0.25) is 5.02 Å². The second kappa shape index (κ2) is 8.71. The zero-order valence-electron chi connectivity index (χ0n) is 14.2. The maximum Gasteiger partial charge on any atom is 0.246 e. The lowest BCUT2D eigenvalue weighted by Gasteiger charge is -2.17. The van der Waals surface area contributed by atoms with E-state index in [1.165, 1.54) is 0 Å². The van der Waals surface area contributed by atoms with Gasteiger partial charge < -0.3 is 15.4 Å². The van der Waals surface area contributed by atoms with Gasteiger partial charge in [-0.25, -0.2) is 0 Å². The summed E-state index contributed by atoms with van der Waals surface area (Å²) in [5, 5.41) is 6.54. The molecule has 0 aliphatic carbocycles. The molecule has 1 amide bonds. The quantitative estimate of drug-likeness (QED) is 0.763. The molecule has 0 fully saturated rings. The number of para-hydroxylation sites is 1. The van der Waals surface area contributed by atoms with Crippen molar-refractivity contribution in [3.8, 4) is 0 Å². The molecule has 1 atom stereocenters. The second-order valence-corrected chi connectivity index (χ2v) is 6.30.